The lowest BCUT2D eigenvalue weighted by molar-refractivity contribution is -0.112. The third kappa shape index (κ3) is 3.94. The molecule has 1 saturated carbocycles. The van der Waals surface area contributed by atoms with Crippen LogP contribution in [0.5, 0.6) is 0 Å². The number of carbonyl (C=O) groups is 2. The molecule has 0 spiro atoms. The molecule has 0 saturated heterocycles. The minimum atomic E-state index is -1.83. The summed E-state index contributed by atoms with van der Waals surface area (Å²) < 4.78 is 5.56. The van der Waals surface area contributed by atoms with Gasteiger partial charge in [0.25, 0.3) is 11.8 Å². The number of carboxylic acid groups (broad SMARTS) is 2. The fourth-order valence-corrected chi connectivity index (χ4v) is 4.90. The van der Waals surface area contributed by atoms with Gasteiger partial charge in [-0.1, -0.05) is 11.2 Å². The normalized spacial score (nSPS) is 17.5. The summed E-state index contributed by atoms with van der Waals surface area (Å²) in [4.78, 5) is 27.0. The number of thiophene rings is 1. The first-order valence-corrected chi connectivity index (χ1v) is 10.3. The molecule has 8 nitrogen and oxygen atoms in total. The van der Waals surface area contributed by atoms with Crippen molar-refractivity contribution in [1.82, 2.24) is 10.1 Å². The summed E-state index contributed by atoms with van der Waals surface area (Å²) in [7, 11) is 0. The molecule has 0 aromatic carbocycles. The van der Waals surface area contributed by atoms with E-state index in [1.807, 2.05) is 6.08 Å². The molecule has 2 heterocycles. The number of hydrogen-bond donors (Lipinski definition) is 3. The number of allylic oxidation sites excluding steroid dienone is 1. The van der Waals surface area contributed by atoms with Gasteiger partial charge in [0.2, 0.25) is 0 Å². The van der Waals surface area contributed by atoms with Crippen LogP contribution in [-0.4, -0.2) is 32.4 Å². The van der Waals surface area contributed by atoms with Crippen LogP contribution in [0.4, 0.5) is 9.80 Å². The number of amides is 1. The number of nitrogens with zero attached hydrogens (tertiary/aromatic N) is 2. The maximum atomic E-state index is 12.5. The Kier molecular flexibility index (Phi) is 5.17. The second-order valence-corrected chi connectivity index (χ2v) is 8.26. The zero-order valence-corrected chi connectivity index (χ0v) is 16.0. The highest BCUT2D eigenvalue weighted by Gasteiger charge is 2.32. The average Bonchev–Trinajstić information content (AvgIpc) is 3.07. The molecule has 3 N–H and O–H groups in total. The molecule has 0 atom stereocenters. The van der Waals surface area contributed by atoms with Crippen LogP contribution in [0.2, 0.25) is 0 Å². The molecular formula is C19H21N3O5S. The highest BCUT2D eigenvalue weighted by molar-refractivity contribution is 7.17. The average molecular weight is 403 g/mol. The minimum Gasteiger partial charge on any atom is -0.450 e. The Hall–Kier alpha value is -2.68. The lowest BCUT2D eigenvalue weighted by Crippen LogP contribution is -2.13. The van der Waals surface area contributed by atoms with E-state index in [0.29, 0.717) is 11.8 Å². The number of aromatic nitrogens is 2. The maximum Gasteiger partial charge on any atom is 0.503 e. The first-order valence-electron chi connectivity index (χ1n) is 9.43. The number of fused-ring (bicyclic) bond motifs is 1. The van der Waals surface area contributed by atoms with Gasteiger partial charge in [0.15, 0.2) is 5.82 Å². The molecule has 2 aromatic rings. The van der Waals surface area contributed by atoms with E-state index in [1.54, 1.807) is 11.3 Å². The number of aryl methyl sites for hydroxylation is 1. The van der Waals surface area contributed by atoms with Crippen LogP contribution in [-0.2, 0) is 17.6 Å². The van der Waals surface area contributed by atoms with E-state index in [0.717, 1.165) is 73.3 Å². The smallest absolute Gasteiger partial charge is 0.450 e. The highest BCUT2D eigenvalue weighted by atomic mass is 32.1. The lowest BCUT2D eigenvalue weighted by atomic mass is 10.1. The van der Waals surface area contributed by atoms with Crippen LogP contribution >= 0.6 is 11.3 Å². The zero-order valence-electron chi connectivity index (χ0n) is 15.2. The van der Waals surface area contributed by atoms with Gasteiger partial charge in [0.1, 0.15) is 5.00 Å². The molecular weight excluding hydrogens is 382 g/mol. The van der Waals surface area contributed by atoms with Gasteiger partial charge in [0, 0.05) is 16.4 Å². The van der Waals surface area contributed by atoms with Crippen molar-refractivity contribution >= 4 is 28.4 Å². The SMILES string of the molecule is O=C(Nc1sc2c(c1-c1nc(C3CC3)no1)CCC2)C1=CCCC1.O=C(O)O. The third-order valence-electron chi connectivity index (χ3n) is 5.08. The van der Waals surface area contributed by atoms with Crippen LogP contribution in [0.3, 0.4) is 0 Å². The van der Waals surface area contributed by atoms with Crippen molar-refractivity contribution in [3.8, 4) is 11.5 Å². The lowest BCUT2D eigenvalue weighted by Gasteiger charge is -2.06. The molecule has 1 fully saturated rings. The number of nitrogens with one attached hydrogen (secondary N) is 1. The summed E-state index contributed by atoms with van der Waals surface area (Å²) in [6, 6.07) is 0. The first kappa shape index (κ1) is 18.7. The highest BCUT2D eigenvalue weighted by Crippen LogP contribution is 2.46. The van der Waals surface area contributed by atoms with Crippen molar-refractivity contribution in [1.29, 1.82) is 0 Å². The van der Waals surface area contributed by atoms with E-state index >= 15 is 0 Å². The van der Waals surface area contributed by atoms with Crippen molar-refractivity contribution in [2.75, 3.05) is 5.32 Å². The Bertz CT molecular complexity index is 938. The van der Waals surface area contributed by atoms with Crippen LogP contribution in [0.1, 0.15) is 60.7 Å². The van der Waals surface area contributed by atoms with Crippen LogP contribution in [0, 0.1) is 0 Å². The van der Waals surface area contributed by atoms with Crippen LogP contribution in [0.15, 0.2) is 16.2 Å². The Labute approximate surface area is 165 Å². The van der Waals surface area contributed by atoms with Crippen LogP contribution < -0.4 is 5.32 Å². The standard InChI is InChI=1S/C18H19N3O2S.CH2O3/c22-16(11-4-1-2-5-11)20-18-14(12-6-3-7-13(12)24-18)17-19-15(21-23-17)10-8-9-10;2-1(3)4/h4,10H,1-3,5-9H2,(H,20,22);(H2,2,3,4). The minimum absolute atomic E-state index is 0.0237. The molecule has 0 bridgehead atoms. The van der Waals surface area contributed by atoms with Gasteiger partial charge in [-0.05, 0) is 56.9 Å². The fourth-order valence-electron chi connectivity index (χ4n) is 3.62. The number of rotatable bonds is 4. The van der Waals surface area contributed by atoms with Gasteiger partial charge in [-0.15, -0.1) is 11.3 Å². The molecule has 2 aromatic heterocycles. The number of hydrogen-bond acceptors (Lipinski definition) is 6. The quantitative estimate of drug-likeness (QED) is 0.689. The summed E-state index contributed by atoms with van der Waals surface area (Å²) >= 11 is 1.68. The number of carbonyl (C=O) groups excluding carboxylic acids is 1. The molecule has 28 heavy (non-hydrogen) atoms. The van der Waals surface area contributed by atoms with Crippen molar-refractivity contribution in [3.63, 3.8) is 0 Å². The topological polar surface area (TPSA) is 126 Å². The molecule has 3 aliphatic carbocycles. The van der Waals surface area contributed by atoms with Crippen molar-refractivity contribution in [2.24, 2.45) is 0 Å². The Morgan fingerprint density at radius 1 is 1.18 bits per heavy atom. The molecule has 1 amide bonds. The van der Waals surface area contributed by atoms with E-state index < -0.39 is 6.16 Å². The molecule has 5 rings (SSSR count). The van der Waals surface area contributed by atoms with E-state index in [-0.39, 0.29) is 5.91 Å². The molecule has 9 heteroatoms. The number of anilines is 1. The summed E-state index contributed by atoms with van der Waals surface area (Å²) in [5.41, 5.74) is 3.17. The van der Waals surface area contributed by atoms with Crippen molar-refractivity contribution < 1.29 is 24.3 Å². The Balaban J connectivity index is 0.000000442. The van der Waals surface area contributed by atoms with E-state index in [4.69, 9.17) is 19.5 Å². The molecule has 0 radical (unpaired) electrons. The summed E-state index contributed by atoms with van der Waals surface area (Å²) in [5.74, 6) is 1.89. The predicted molar refractivity (Wildman–Crippen MR) is 103 cm³/mol. The summed E-state index contributed by atoms with van der Waals surface area (Å²) in [6.45, 7) is 0. The van der Waals surface area contributed by atoms with Gasteiger partial charge < -0.3 is 20.1 Å². The van der Waals surface area contributed by atoms with E-state index in [2.05, 4.69) is 15.5 Å². The third-order valence-corrected chi connectivity index (χ3v) is 6.29. The first-order chi connectivity index (χ1) is 13.5. The van der Waals surface area contributed by atoms with Crippen molar-refractivity contribution in [2.45, 2.75) is 57.3 Å². The van der Waals surface area contributed by atoms with E-state index in [1.165, 1.54) is 10.4 Å². The molecule has 148 valence electrons. The van der Waals surface area contributed by atoms with Crippen molar-refractivity contribution in [3.05, 3.63) is 27.9 Å². The van der Waals surface area contributed by atoms with Gasteiger partial charge in [-0.25, -0.2) is 4.79 Å². The van der Waals surface area contributed by atoms with Gasteiger partial charge in [-0.2, -0.15) is 4.98 Å². The van der Waals surface area contributed by atoms with E-state index in [9.17, 15) is 4.79 Å². The van der Waals surface area contributed by atoms with Gasteiger partial charge in [0.05, 0.1) is 5.56 Å². The molecule has 3 aliphatic rings. The Morgan fingerprint density at radius 3 is 2.64 bits per heavy atom. The Morgan fingerprint density at radius 2 is 1.96 bits per heavy atom. The van der Waals surface area contributed by atoms with Gasteiger partial charge >= 0.3 is 6.16 Å². The zero-order chi connectivity index (χ0) is 19.7. The fraction of sp³-hybridized carbons (Fsp3) is 0.474. The molecule has 0 unspecified atom stereocenters. The monoisotopic (exact) mass is 403 g/mol. The summed E-state index contributed by atoms with van der Waals surface area (Å²) in [5, 5.41) is 22.1. The van der Waals surface area contributed by atoms with Gasteiger partial charge in [-0.3, -0.25) is 4.79 Å². The second-order valence-electron chi connectivity index (χ2n) is 7.15. The van der Waals surface area contributed by atoms with Crippen LogP contribution in [0.25, 0.3) is 11.5 Å². The largest absolute Gasteiger partial charge is 0.503 e. The predicted octanol–water partition coefficient (Wildman–Crippen LogP) is 4.44. The second kappa shape index (κ2) is 7.75. The summed E-state index contributed by atoms with van der Waals surface area (Å²) in [6.07, 6.45) is 8.74. The maximum absolute atomic E-state index is 12.5. The molecule has 0 aliphatic heterocycles.